The van der Waals surface area contributed by atoms with Crippen molar-refractivity contribution in [2.75, 3.05) is 6.61 Å². The minimum atomic E-state index is -1.29. The zero-order valence-corrected chi connectivity index (χ0v) is 16.1. The third-order valence-electron chi connectivity index (χ3n) is 3.79. The van der Waals surface area contributed by atoms with Gasteiger partial charge in [0.15, 0.2) is 18.4 Å². The smallest absolute Gasteiger partial charge is 0.330 e. The maximum absolute atomic E-state index is 12.4. The number of nitrogens with zero attached hydrogens (tertiary/aromatic N) is 1. The molecule has 0 spiro atoms. The first-order valence-electron chi connectivity index (χ1n) is 8.18. The van der Waals surface area contributed by atoms with Crippen molar-refractivity contribution in [1.29, 1.82) is 0 Å². The van der Waals surface area contributed by atoms with Crippen LogP contribution in [0.4, 0.5) is 0 Å². The Hall–Kier alpha value is -2.66. The molecule has 4 atom stereocenters. The number of aromatic amines is 1. The van der Waals surface area contributed by atoms with E-state index in [-0.39, 0.29) is 18.2 Å². The fraction of sp³-hybridized carbons (Fsp3) is 0.562. The topological polar surface area (TPSA) is 143 Å². The molecular weight excluding hydrogens is 400 g/mol. The van der Waals surface area contributed by atoms with Gasteiger partial charge >= 0.3 is 23.6 Å². The van der Waals surface area contributed by atoms with Gasteiger partial charge in [-0.15, -0.1) is 11.6 Å². The first-order valence-corrected chi connectivity index (χ1v) is 8.71. The number of halogens is 1. The van der Waals surface area contributed by atoms with Gasteiger partial charge in [-0.3, -0.25) is 28.7 Å². The molecule has 0 bridgehead atoms. The van der Waals surface area contributed by atoms with Gasteiger partial charge in [-0.1, -0.05) is 0 Å². The molecule has 154 valence electrons. The third kappa shape index (κ3) is 4.98. The van der Waals surface area contributed by atoms with Crippen LogP contribution in [0.3, 0.4) is 0 Å². The summed E-state index contributed by atoms with van der Waals surface area (Å²) in [7, 11) is 0. The maximum Gasteiger partial charge on any atom is 0.330 e. The van der Waals surface area contributed by atoms with Crippen molar-refractivity contribution in [3.63, 3.8) is 0 Å². The summed E-state index contributed by atoms with van der Waals surface area (Å²) in [5.41, 5.74) is -1.45. The number of carbonyl (C=O) groups is 3. The first kappa shape index (κ1) is 21.6. The van der Waals surface area contributed by atoms with Crippen LogP contribution in [0.25, 0.3) is 0 Å². The lowest BCUT2D eigenvalue weighted by atomic mass is 10.1. The highest BCUT2D eigenvalue weighted by Gasteiger charge is 2.51. The summed E-state index contributed by atoms with van der Waals surface area (Å²) in [6, 6.07) is 1.09. The van der Waals surface area contributed by atoms with Gasteiger partial charge in [0.1, 0.15) is 12.7 Å². The van der Waals surface area contributed by atoms with E-state index in [0.717, 1.165) is 24.5 Å². The van der Waals surface area contributed by atoms with E-state index >= 15 is 0 Å². The van der Waals surface area contributed by atoms with Gasteiger partial charge in [0.2, 0.25) is 0 Å². The Kier molecular flexibility index (Phi) is 6.97. The molecule has 0 amide bonds. The van der Waals surface area contributed by atoms with Crippen molar-refractivity contribution in [2.45, 2.75) is 51.2 Å². The minimum Gasteiger partial charge on any atom is -0.463 e. The molecule has 1 aromatic rings. The lowest BCUT2D eigenvalue weighted by Gasteiger charge is -2.24. The quantitative estimate of drug-likeness (QED) is 0.370. The van der Waals surface area contributed by atoms with Crippen LogP contribution in [0.5, 0.6) is 0 Å². The summed E-state index contributed by atoms with van der Waals surface area (Å²) in [4.78, 5) is 60.3. The fourth-order valence-corrected chi connectivity index (χ4v) is 3.04. The van der Waals surface area contributed by atoms with Crippen LogP contribution in [0.2, 0.25) is 0 Å². The molecule has 1 aliphatic rings. The van der Waals surface area contributed by atoms with Gasteiger partial charge in [0.05, 0.1) is 5.88 Å². The number of esters is 3. The lowest BCUT2D eigenvalue weighted by molar-refractivity contribution is -0.166. The largest absolute Gasteiger partial charge is 0.463 e. The number of rotatable bonds is 6. The van der Waals surface area contributed by atoms with Crippen LogP contribution in [0, 0.1) is 0 Å². The summed E-state index contributed by atoms with van der Waals surface area (Å²) in [5.74, 6) is -2.27. The molecule has 0 radical (unpaired) electrons. The Balaban J connectivity index is 2.53. The Morgan fingerprint density at radius 3 is 2.25 bits per heavy atom. The molecular formula is C16H19ClN2O9. The Morgan fingerprint density at radius 1 is 1.11 bits per heavy atom. The molecule has 0 unspecified atom stereocenters. The molecule has 12 heteroatoms. The number of ether oxygens (including phenoxy) is 4. The molecule has 1 aromatic heterocycles. The van der Waals surface area contributed by atoms with Crippen LogP contribution >= 0.6 is 11.6 Å². The van der Waals surface area contributed by atoms with Crippen molar-refractivity contribution < 1.29 is 33.3 Å². The normalized spacial score (nSPS) is 23.9. The van der Waals surface area contributed by atoms with Gasteiger partial charge in [-0.25, -0.2) is 4.79 Å². The average molecular weight is 419 g/mol. The van der Waals surface area contributed by atoms with Gasteiger partial charge in [-0.05, 0) is 0 Å². The highest BCUT2D eigenvalue weighted by atomic mass is 35.5. The second-order valence-electron chi connectivity index (χ2n) is 5.95. The highest BCUT2D eigenvalue weighted by Crippen LogP contribution is 2.34. The zero-order chi connectivity index (χ0) is 21.0. The monoisotopic (exact) mass is 418 g/mol. The van der Waals surface area contributed by atoms with Gasteiger partial charge in [0, 0.05) is 32.5 Å². The predicted molar refractivity (Wildman–Crippen MR) is 92.5 cm³/mol. The summed E-state index contributed by atoms with van der Waals surface area (Å²) < 4.78 is 22.1. The Bertz CT molecular complexity index is 878. The lowest BCUT2D eigenvalue weighted by Crippen LogP contribution is -2.43. The van der Waals surface area contributed by atoms with Crippen molar-refractivity contribution in [2.24, 2.45) is 0 Å². The minimum absolute atomic E-state index is 0.0901. The number of carbonyl (C=O) groups excluding carboxylic acids is 3. The zero-order valence-electron chi connectivity index (χ0n) is 15.3. The molecule has 28 heavy (non-hydrogen) atoms. The molecule has 1 saturated heterocycles. The number of H-pyrrole nitrogens is 1. The molecule has 0 saturated carbocycles. The molecule has 1 fully saturated rings. The third-order valence-corrected chi connectivity index (χ3v) is 4.06. The SMILES string of the molecule is CC(=O)OC[C@H]1O[C@@H](n2c(CCl)cc(=O)[nH]c2=O)[C@H](OC(C)=O)[C@@H]1OC(C)=O. The van der Waals surface area contributed by atoms with Gasteiger partial charge < -0.3 is 18.9 Å². The number of alkyl halides is 1. The van der Waals surface area contributed by atoms with E-state index in [9.17, 15) is 24.0 Å². The number of hydrogen-bond donors (Lipinski definition) is 1. The predicted octanol–water partition coefficient (Wildman–Crippen LogP) is -0.401. The maximum atomic E-state index is 12.4. The Morgan fingerprint density at radius 2 is 1.71 bits per heavy atom. The van der Waals surface area contributed by atoms with E-state index in [1.165, 1.54) is 6.92 Å². The van der Waals surface area contributed by atoms with Crippen molar-refractivity contribution in [3.05, 3.63) is 32.6 Å². The van der Waals surface area contributed by atoms with Crippen molar-refractivity contribution in [1.82, 2.24) is 9.55 Å². The molecule has 1 aliphatic heterocycles. The second-order valence-corrected chi connectivity index (χ2v) is 6.22. The number of aromatic nitrogens is 2. The summed E-state index contributed by atoms with van der Waals surface area (Å²) in [6.45, 7) is 3.11. The van der Waals surface area contributed by atoms with Gasteiger partial charge in [-0.2, -0.15) is 0 Å². The average Bonchev–Trinajstić information content (AvgIpc) is 2.88. The standard InChI is InChI=1S/C16H19ClN2O9/c1-7(20)25-6-11-13(26-8(2)21)14(27-9(3)22)15(28-11)19-10(5-17)4-12(23)18-16(19)24/h4,11,13-15H,5-6H2,1-3H3,(H,18,23,24)/t11-,13-,14-,15-/m1/s1. The van der Waals surface area contributed by atoms with Crippen LogP contribution < -0.4 is 11.2 Å². The molecule has 1 N–H and O–H groups in total. The van der Waals surface area contributed by atoms with E-state index in [4.69, 9.17) is 30.5 Å². The van der Waals surface area contributed by atoms with Crippen LogP contribution in [-0.2, 0) is 39.2 Å². The summed E-state index contributed by atoms with van der Waals surface area (Å²) in [5, 5.41) is 0. The molecule has 0 aromatic carbocycles. The van der Waals surface area contributed by atoms with Crippen LogP contribution in [0.1, 0.15) is 32.7 Å². The summed E-state index contributed by atoms with van der Waals surface area (Å²) >= 11 is 5.84. The van der Waals surface area contributed by atoms with Crippen molar-refractivity contribution in [3.8, 4) is 0 Å². The molecule has 0 aliphatic carbocycles. The van der Waals surface area contributed by atoms with E-state index in [1.807, 2.05) is 0 Å². The second kappa shape index (κ2) is 9.02. The van der Waals surface area contributed by atoms with E-state index in [1.54, 1.807) is 0 Å². The molecule has 2 rings (SSSR count). The van der Waals surface area contributed by atoms with Gasteiger partial charge in [0.25, 0.3) is 5.56 Å². The summed E-state index contributed by atoms with van der Waals surface area (Å²) in [6.07, 6.45) is -4.75. The van der Waals surface area contributed by atoms with Crippen molar-refractivity contribution >= 4 is 29.5 Å². The Labute approximate surface area is 163 Å². The van der Waals surface area contributed by atoms with Crippen LogP contribution in [0.15, 0.2) is 15.7 Å². The van der Waals surface area contributed by atoms with E-state index in [0.29, 0.717) is 0 Å². The molecule has 2 heterocycles. The van der Waals surface area contributed by atoms with Crippen LogP contribution in [-0.4, -0.2) is 52.4 Å². The fourth-order valence-electron chi connectivity index (χ4n) is 2.84. The first-order chi connectivity index (χ1) is 13.1. The number of nitrogens with one attached hydrogen (secondary N) is 1. The molecule has 11 nitrogen and oxygen atoms in total. The highest BCUT2D eigenvalue weighted by molar-refractivity contribution is 6.16. The van der Waals surface area contributed by atoms with E-state index < -0.39 is 53.7 Å². The van der Waals surface area contributed by atoms with E-state index in [2.05, 4.69) is 4.98 Å². The number of hydrogen-bond acceptors (Lipinski definition) is 9.